The summed E-state index contributed by atoms with van der Waals surface area (Å²) >= 11 is 0. The maximum atomic E-state index is 12.4. The van der Waals surface area contributed by atoms with Crippen LogP contribution in [0.4, 0.5) is 11.4 Å². The van der Waals surface area contributed by atoms with E-state index in [9.17, 15) is 25.0 Å². The minimum Gasteiger partial charge on any atom is -0.296 e. The molecule has 1 aromatic carbocycles. The highest BCUT2D eigenvalue weighted by molar-refractivity contribution is 5.89. The van der Waals surface area contributed by atoms with Crippen molar-refractivity contribution in [3.8, 4) is 0 Å². The minimum atomic E-state index is -0.754. The van der Waals surface area contributed by atoms with Crippen LogP contribution in [0.3, 0.4) is 0 Å². The van der Waals surface area contributed by atoms with E-state index in [0.717, 1.165) is 25.0 Å². The minimum absolute atomic E-state index is 0.0799. The van der Waals surface area contributed by atoms with E-state index in [0.29, 0.717) is 18.8 Å². The number of non-ortho nitro benzene ring substituents is 2. The van der Waals surface area contributed by atoms with Crippen molar-refractivity contribution in [3.63, 3.8) is 0 Å². The lowest BCUT2D eigenvalue weighted by Gasteiger charge is -2.17. The van der Waals surface area contributed by atoms with Crippen LogP contribution in [0.2, 0.25) is 0 Å². The fraction of sp³-hybridized carbons (Fsp3) is 0.333. The van der Waals surface area contributed by atoms with Crippen LogP contribution < -0.4 is 5.56 Å². The Balaban J connectivity index is 2.44. The highest BCUT2D eigenvalue weighted by atomic mass is 16.6. The van der Waals surface area contributed by atoms with E-state index in [1.54, 1.807) is 0 Å². The van der Waals surface area contributed by atoms with Crippen molar-refractivity contribution < 1.29 is 9.85 Å². The van der Waals surface area contributed by atoms with Crippen molar-refractivity contribution >= 4 is 22.3 Å². The molecule has 0 aliphatic carbocycles. The molecule has 1 aromatic heterocycles. The SMILES string of the molecule is O=c1c2cc([N+](=O)[O-])cc([N+](=O)[O-])c2nc2n1CCCC2. The van der Waals surface area contributed by atoms with Gasteiger partial charge in [0.2, 0.25) is 0 Å². The van der Waals surface area contributed by atoms with Crippen LogP contribution in [0.5, 0.6) is 0 Å². The molecule has 0 radical (unpaired) electrons. The molecule has 3 rings (SSSR count). The van der Waals surface area contributed by atoms with E-state index < -0.39 is 26.8 Å². The molecule has 0 bridgehead atoms. The van der Waals surface area contributed by atoms with Crippen molar-refractivity contribution in [1.29, 1.82) is 0 Å². The predicted molar refractivity (Wildman–Crippen MR) is 72.2 cm³/mol. The van der Waals surface area contributed by atoms with Crippen LogP contribution in [-0.2, 0) is 13.0 Å². The van der Waals surface area contributed by atoms with Crippen molar-refractivity contribution in [3.05, 3.63) is 48.5 Å². The maximum Gasteiger partial charge on any atom is 0.302 e. The number of hydrogen-bond donors (Lipinski definition) is 0. The van der Waals surface area contributed by atoms with Crippen LogP contribution >= 0.6 is 0 Å². The first-order valence-electron chi connectivity index (χ1n) is 6.35. The Morgan fingerprint density at radius 1 is 1.14 bits per heavy atom. The fourth-order valence-corrected chi connectivity index (χ4v) is 2.56. The Bertz CT molecular complexity index is 842. The average Bonchev–Trinajstić information content (AvgIpc) is 2.46. The summed E-state index contributed by atoms with van der Waals surface area (Å²) in [6, 6.07) is 1.90. The summed E-state index contributed by atoms with van der Waals surface area (Å²) in [5.41, 5.74) is -1.53. The zero-order valence-electron chi connectivity index (χ0n) is 10.8. The molecule has 0 unspecified atom stereocenters. The van der Waals surface area contributed by atoms with Gasteiger partial charge in [-0.15, -0.1) is 0 Å². The van der Waals surface area contributed by atoms with Crippen molar-refractivity contribution in [1.82, 2.24) is 9.55 Å². The summed E-state index contributed by atoms with van der Waals surface area (Å²) in [6.07, 6.45) is 2.25. The quantitative estimate of drug-likeness (QED) is 0.611. The molecular weight excluding hydrogens is 280 g/mol. The van der Waals surface area contributed by atoms with Gasteiger partial charge in [-0.05, 0) is 12.8 Å². The largest absolute Gasteiger partial charge is 0.302 e. The van der Waals surface area contributed by atoms with Gasteiger partial charge in [-0.2, -0.15) is 0 Å². The number of nitrogens with zero attached hydrogens (tertiary/aromatic N) is 4. The third-order valence-corrected chi connectivity index (χ3v) is 3.54. The van der Waals surface area contributed by atoms with Crippen LogP contribution in [0, 0.1) is 20.2 Å². The lowest BCUT2D eigenvalue weighted by atomic mass is 10.1. The standard InChI is InChI=1S/C12H10N4O5/c17-12-8-5-7(15(18)19)6-9(16(20)21)11(8)13-10-3-1-2-4-14(10)12/h5-6H,1-4H2. The fourth-order valence-electron chi connectivity index (χ4n) is 2.56. The van der Waals surface area contributed by atoms with Gasteiger partial charge in [0.1, 0.15) is 5.82 Å². The molecule has 0 saturated heterocycles. The Kier molecular flexibility index (Phi) is 2.89. The zero-order chi connectivity index (χ0) is 15.1. The van der Waals surface area contributed by atoms with Crippen LogP contribution in [0.1, 0.15) is 18.7 Å². The maximum absolute atomic E-state index is 12.4. The van der Waals surface area contributed by atoms with Crippen molar-refractivity contribution in [2.45, 2.75) is 25.8 Å². The van der Waals surface area contributed by atoms with Crippen LogP contribution in [-0.4, -0.2) is 19.4 Å². The van der Waals surface area contributed by atoms with Gasteiger partial charge < -0.3 is 0 Å². The molecule has 2 aromatic rings. The van der Waals surface area contributed by atoms with E-state index in [-0.39, 0.29) is 10.9 Å². The van der Waals surface area contributed by atoms with E-state index in [2.05, 4.69) is 4.98 Å². The van der Waals surface area contributed by atoms with E-state index in [1.165, 1.54) is 4.57 Å². The Hall–Kier alpha value is -2.84. The number of hydrogen-bond acceptors (Lipinski definition) is 6. The van der Waals surface area contributed by atoms with Gasteiger partial charge in [0.15, 0.2) is 5.52 Å². The van der Waals surface area contributed by atoms with Crippen molar-refractivity contribution in [2.75, 3.05) is 0 Å². The molecular formula is C12H10N4O5. The monoisotopic (exact) mass is 290 g/mol. The van der Waals surface area contributed by atoms with Gasteiger partial charge in [-0.3, -0.25) is 29.6 Å². The summed E-state index contributed by atoms with van der Waals surface area (Å²) in [5, 5.41) is 21.9. The average molecular weight is 290 g/mol. The first-order valence-corrected chi connectivity index (χ1v) is 6.35. The molecule has 0 N–H and O–H groups in total. The summed E-state index contributed by atoms with van der Waals surface area (Å²) in [5.74, 6) is 0.496. The molecule has 2 heterocycles. The molecule has 108 valence electrons. The number of rotatable bonds is 2. The number of aryl methyl sites for hydroxylation is 1. The summed E-state index contributed by atoms with van der Waals surface area (Å²) < 4.78 is 1.44. The second-order valence-electron chi connectivity index (χ2n) is 4.82. The Labute approximate surface area is 117 Å². The summed E-state index contributed by atoms with van der Waals surface area (Å²) in [6.45, 7) is 0.480. The molecule has 21 heavy (non-hydrogen) atoms. The molecule has 0 amide bonds. The number of fused-ring (bicyclic) bond motifs is 2. The molecule has 9 heteroatoms. The molecule has 9 nitrogen and oxygen atoms in total. The zero-order valence-corrected chi connectivity index (χ0v) is 10.8. The lowest BCUT2D eigenvalue weighted by molar-refractivity contribution is -0.393. The molecule has 1 aliphatic rings. The molecule has 0 saturated carbocycles. The third kappa shape index (κ3) is 2.02. The molecule has 0 atom stereocenters. The van der Waals surface area contributed by atoms with Crippen LogP contribution in [0.15, 0.2) is 16.9 Å². The Morgan fingerprint density at radius 2 is 1.90 bits per heavy atom. The second-order valence-corrected chi connectivity index (χ2v) is 4.82. The normalized spacial score (nSPS) is 13.9. The smallest absolute Gasteiger partial charge is 0.296 e. The van der Waals surface area contributed by atoms with Gasteiger partial charge in [-0.25, -0.2) is 4.98 Å². The summed E-state index contributed by atoms with van der Waals surface area (Å²) in [4.78, 5) is 37.1. The highest BCUT2D eigenvalue weighted by Gasteiger charge is 2.25. The number of nitro benzene ring substituents is 2. The van der Waals surface area contributed by atoms with Crippen LogP contribution in [0.25, 0.3) is 10.9 Å². The predicted octanol–water partition coefficient (Wildman–Crippen LogP) is 1.55. The molecule has 0 spiro atoms. The second kappa shape index (κ2) is 4.62. The van der Waals surface area contributed by atoms with E-state index in [4.69, 9.17) is 0 Å². The van der Waals surface area contributed by atoms with Crippen molar-refractivity contribution in [2.24, 2.45) is 0 Å². The number of aromatic nitrogens is 2. The summed E-state index contributed by atoms with van der Waals surface area (Å²) in [7, 11) is 0. The van der Waals surface area contributed by atoms with Gasteiger partial charge in [0.05, 0.1) is 21.3 Å². The van der Waals surface area contributed by atoms with Gasteiger partial charge in [0, 0.05) is 19.0 Å². The molecule has 0 fully saturated rings. The van der Waals surface area contributed by atoms with E-state index in [1.807, 2.05) is 0 Å². The topological polar surface area (TPSA) is 121 Å². The lowest BCUT2D eigenvalue weighted by Crippen LogP contribution is -2.28. The van der Waals surface area contributed by atoms with Gasteiger partial charge >= 0.3 is 5.69 Å². The third-order valence-electron chi connectivity index (χ3n) is 3.54. The van der Waals surface area contributed by atoms with Gasteiger partial charge in [0.25, 0.3) is 11.2 Å². The number of nitro groups is 2. The van der Waals surface area contributed by atoms with Gasteiger partial charge in [-0.1, -0.05) is 0 Å². The Morgan fingerprint density at radius 3 is 2.57 bits per heavy atom. The van der Waals surface area contributed by atoms with E-state index >= 15 is 0 Å². The first-order chi connectivity index (χ1) is 9.99. The number of benzene rings is 1. The highest BCUT2D eigenvalue weighted by Crippen LogP contribution is 2.28. The molecule has 1 aliphatic heterocycles. The first kappa shape index (κ1) is 13.2.